The molecule has 1 heterocycles. The van der Waals surface area contributed by atoms with E-state index in [-0.39, 0.29) is 17.9 Å². The Hall–Kier alpha value is -0.860. The maximum Gasteiger partial charge on any atom is 0.331 e. The van der Waals surface area contributed by atoms with Gasteiger partial charge in [-0.3, -0.25) is 9.59 Å². The van der Waals surface area contributed by atoms with E-state index in [2.05, 4.69) is 4.74 Å². The molecule has 13 heavy (non-hydrogen) atoms. The Morgan fingerprint density at radius 2 is 2.08 bits per heavy atom. The fourth-order valence-corrected chi connectivity index (χ4v) is 2.64. The van der Waals surface area contributed by atoms with Crippen molar-refractivity contribution in [3.05, 3.63) is 0 Å². The van der Waals surface area contributed by atoms with Gasteiger partial charge in [-0.1, -0.05) is 26.2 Å². The molecule has 1 aliphatic heterocycles. The van der Waals surface area contributed by atoms with Crippen LogP contribution in [-0.2, 0) is 14.3 Å². The molecule has 1 atom stereocenters. The second-order valence-electron chi connectivity index (χ2n) is 4.00. The molecular weight excluding hydrogens is 168 g/mol. The van der Waals surface area contributed by atoms with Crippen LogP contribution < -0.4 is 0 Å². The quantitative estimate of drug-likeness (QED) is 0.457. The molecule has 3 nitrogen and oxygen atoms in total. The number of carbonyl (C=O) groups is 2. The Balaban J connectivity index is 2.26. The molecule has 2 fully saturated rings. The summed E-state index contributed by atoms with van der Waals surface area (Å²) in [6, 6.07) is 0. The number of esters is 2. The first-order chi connectivity index (χ1) is 6.21. The fraction of sp³-hybridized carbons (Fsp3) is 0.800. The van der Waals surface area contributed by atoms with Crippen LogP contribution in [0.15, 0.2) is 0 Å². The zero-order valence-corrected chi connectivity index (χ0v) is 7.84. The van der Waals surface area contributed by atoms with Crippen molar-refractivity contribution in [2.24, 2.45) is 11.3 Å². The Morgan fingerprint density at radius 1 is 1.38 bits per heavy atom. The molecule has 3 heteroatoms. The van der Waals surface area contributed by atoms with Crippen LogP contribution >= 0.6 is 0 Å². The summed E-state index contributed by atoms with van der Waals surface area (Å²) in [5.41, 5.74) is -0.715. The number of hydrogen-bond donors (Lipinski definition) is 0. The van der Waals surface area contributed by atoms with Gasteiger partial charge in [-0.25, -0.2) is 0 Å². The molecule has 2 rings (SSSR count). The summed E-state index contributed by atoms with van der Waals surface area (Å²) >= 11 is 0. The maximum absolute atomic E-state index is 11.3. The predicted octanol–water partition coefficient (Wildman–Crippen LogP) is 1.66. The standard InChI is InChI=1S/C10H14O3/c1-2-7-5-3-4-6-10(7)8(11)13-9(10)12/h7H,2-6H2,1H3. The first-order valence-electron chi connectivity index (χ1n) is 4.98. The van der Waals surface area contributed by atoms with Gasteiger partial charge in [0, 0.05) is 0 Å². The van der Waals surface area contributed by atoms with Crippen LogP contribution in [0, 0.1) is 11.3 Å². The van der Waals surface area contributed by atoms with Gasteiger partial charge in [-0.2, -0.15) is 0 Å². The van der Waals surface area contributed by atoms with Gasteiger partial charge >= 0.3 is 11.9 Å². The lowest BCUT2D eigenvalue weighted by atomic mass is 9.63. The van der Waals surface area contributed by atoms with Crippen molar-refractivity contribution < 1.29 is 14.3 Å². The molecule has 2 aliphatic rings. The number of rotatable bonds is 1. The van der Waals surface area contributed by atoms with Crippen LogP contribution in [0.1, 0.15) is 39.0 Å². The molecule has 0 aromatic rings. The SMILES string of the molecule is CCC1CCCCC12C(=O)OC2=O. The topological polar surface area (TPSA) is 43.4 Å². The molecular formula is C10H14O3. The lowest BCUT2D eigenvalue weighted by Crippen LogP contribution is -2.58. The zero-order valence-electron chi connectivity index (χ0n) is 7.84. The summed E-state index contributed by atoms with van der Waals surface area (Å²) in [4.78, 5) is 22.7. The highest BCUT2D eigenvalue weighted by Crippen LogP contribution is 2.49. The first kappa shape index (κ1) is 8.73. The number of carbonyl (C=O) groups excluding carboxylic acids is 2. The minimum absolute atomic E-state index is 0.231. The Bertz CT molecular complexity index is 243. The third-order valence-corrected chi connectivity index (χ3v) is 3.48. The molecule has 72 valence electrons. The van der Waals surface area contributed by atoms with E-state index in [4.69, 9.17) is 0 Å². The lowest BCUT2D eigenvalue weighted by Gasteiger charge is -2.44. The number of cyclic esters (lactones) is 2. The molecule has 1 unspecified atom stereocenters. The number of ether oxygens (including phenoxy) is 1. The molecule has 1 saturated heterocycles. The molecule has 0 N–H and O–H groups in total. The lowest BCUT2D eigenvalue weighted by molar-refractivity contribution is -0.205. The highest BCUT2D eigenvalue weighted by molar-refractivity contribution is 6.14. The van der Waals surface area contributed by atoms with Crippen molar-refractivity contribution in [2.75, 3.05) is 0 Å². The van der Waals surface area contributed by atoms with Gasteiger partial charge < -0.3 is 4.74 Å². The molecule has 0 bridgehead atoms. The van der Waals surface area contributed by atoms with E-state index in [9.17, 15) is 9.59 Å². The van der Waals surface area contributed by atoms with E-state index in [1.54, 1.807) is 0 Å². The van der Waals surface area contributed by atoms with Crippen molar-refractivity contribution >= 4 is 11.9 Å². The summed E-state index contributed by atoms with van der Waals surface area (Å²) in [5, 5.41) is 0. The van der Waals surface area contributed by atoms with Crippen LogP contribution in [0.4, 0.5) is 0 Å². The van der Waals surface area contributed by atoms with Gasteiger partial charge in [0.2, 0.25) is 0 Å². The van der Waals surface area contributed by atoms with Crippen molar-refractivity contribution in [3.8, 4) is 0 Å². The third-order valence-electron chi connectivity index (χ3n) is 3.48. The van der Waals surface area contributed by atoms with E-state index >= 15 is 0 Å². The molecule has 1 aliphatic carbocycles. The van der Waals surface area contributed by atoms with Crippen molar-refractivity contribution in [3.63, 3.8) is 0 Å². The fourth-order valence-electron chi connectivity index (χ4n) is 2.64. The third kappa shape index (κ3) is 0.960. The molecule has 0 aromatic heterocycles. The minimum atomic E-state index is -0.715. The Morgan fingerprint density at radius 3 is 2.54 bits per heavy atom. The van der Waals surface area contributed by atoms with Crippen molar-refractivity contribution in [1.29, 1.82) is 0 Å². The molecule has 0 aromatic carbocycles. The van der Waals surface area contributed by atoms with Gasteiger partial charge in [-0.15, -0.1) is 0 Å². The maximum atomic E-state index is 11.3. The summed E-state index contributed by atoms with van der Waals surface area (Å²) in [7, 11) is 0. The first-order valence-corrected chi connectivity index (χ1v) is 4.98. The van der Waals surface area contributed by atoms with E-state index in [1.165, 1.54) is 0 Å². The van der Waals surface area contributed by atoms with Gasteiger partial charge in [0.15, 0.2) is 5.41 Å². The highest BCUT2D eigenvalue weighted by Gasteiger charge is 2.62. The van der Waals surface area contributed by atoms with Crippen LogP contribution in [-0.4, -0.2) is 11.9 Å². The van der Waals surface area contributed by atoms with E-state index in [0.717, 1.165) is 25.7 Å². The van der Waals surface area contributed by atoms with Crippen molar-refractivity contribution in [1.82, 2.24) is 0 Å². The largest absolute Gasteiger partial charge is 0.391 e. The average Bonchev–Trinajstić information content (AvgIpc) is 2.18. The average molecular weight is 182 g/mol. The van der Waals surface area contributed by atoms with E-state index in [0.29, 0.717) is 6.42 Å². The highest BCUT2D eigenvalue weighted by atomic mass is 16.6. The zero-order chi connectivity index (χ0) is 9.47. The van der Waals surface area contributed by atoms with Gasteiger partial charge in [0.1, 0.15) is 0 Å². The summed E-state index contributed by atoms with van der Waals surface area (Å²) < 4.78 is 4.49. The Kier molecular flexibility index (Phi) is 1.90. The van der Waals surface area contributed by atoms with Gasteiger partial charge in [0.05, 0.1) is 0 Å². The summed E-state index contributed by atoms with van der Waals surface area (Å²) in [6.45, 7) is 2.04. The second kappa shape index (κ2) is 2.82. The van der Waals surface area contributed by atoms with Crippen LogP contribution in [0.5, 0.6) is 0 Å². The van der Waals surface area contributed by atoms with Crippen LogP contribution in [0.25, 0.3) is 0 Å². The van der Waals surface area contributed by atoms with Crippen molar-refractivity contribution in [2.45, 2.75) is 39.0 Å². The summed E-state index contributed by atoms with van der Waals surface area (Å²) in [6.07, 6.45) is 4.74. The van der Waals surface area contributed by atoms with Crippen LogP contribution in [0.3, 0.4) is 0 Å². The Labute approximate surface area is 77.4 Å². The second-order valence-corrected chi connectivity index (χ2v) is 4.00. The van der Waals surface area contributed by atoms with Gasteiger partial charge in [0.25, 0.3) is 0 Å². The summed E-state index contributed by atoms with van der Waals surface area (Å²) in [5.74, 6) is -0.317. The predicted molar refractivity (Wildman–Crippen MR) is 45.8 cm³/mol. The molecule has 1 saturated carbocycles. The minimum Gasteiger partial charge on any atom is -0.391 e. The van der Waals surface area contributed by atoms with E-state index < -0.39 is 5.41 Å². The van der Waals surface area contributed by atoms with E-state index in [1.807, 2.05) is 6.92 Å². The van der Waals surface area contributed by atoms with Crippen LogP contribution in [0.2, 0.25) is 0 Å². The molecule has 0 radical (unpaired) electrons. The monoisotopic (exact) mass is 182 g/mol. The normalized spacial score (nSPS) is 31.3. The molecule has 0 amide bonds. The molecule has 1 spiro atoms. The van der Waals surface area contributed by atoms with Gasteiger partial charge in [-0.05, 0) is 18.8 Å². The smallest absolute Gasteiger partial charge is 0.331 e. The number of hydrogen-bond acceptors (Lipinski definition) is 3.